The number of rotatable bonds is 11. The number of aliphatic hydroxyl groups excluding tert-OH is 1. The average molecular weight is 588 g/mol. The summed E-state index contributed by atoms with van der Waals surface area (Å²) in [5.41, 5.74) is 0. The highest BCUT2D eigenvalue weighted by Crippen LogP contribution is 2.47. The normalized spacial score (nSPS) is 46.7. The minimum Gasteiger partial charge on any atom is -0.393 e. The molecule has 0 spiro atoms. The van der Waals surface area contributed by atoms with Gasteiger partial charge in [-0.25, -0.2) is 0 Å². The molecular formula is C37H69N3O2. The van der Waals surface area contributed by atoms with E-state index in [9.17, 15) is 5.11 Å². The molecule has 42 heavy (non-hydrogen) atoms. The van der Waals surface area contributed by atoms with Crippen molar-refractivity contribution in [2.24, 2.45) is 53.3 Å². The Morgan fingerprint density at radius 3 is 1.74 bits per heavy atom. The van der Waals surface area contributed by atoms with E-state index >= 15 is 0 Å². The zero-order valence-electron chi connectivity index (χ0n) is 28.2. The first kappa shape index (κ1) is 33.2. The quantitative estimate of drug-likeness (QED) is 0.186. The van der Waals surface area contributed by atoms with Crippen molar-refractivity contribution in [1.82, 2.24) is 16.0 Å². The summed E-state index contributed by atoms with van der Waals surface area (Å²) in [6.07, 6.45) is 22.6. The van der Waals surface area contributed by atoms with Crippen LogP contribution in [0.4, 0.5) is 0 Å². The van der Waals surface area contributed by atoms with E-state index in [1.807, 2.05) is 0 Å². The summed E-state index contributed by atoms with van der Waals surface area (Å²) in [5.74, 6) is 5.93. The molecule has 0 aromatic heterocycles. The Bertz CT molecular complexity index is 761. The number of hydrogen-bond donors (Lipinski definition) is 4. The summed E-state index contributed by atoms with van der Waals surface area (Å²) in [7, 11) is 0. The van der Waals surface area contributed by atoms with Crippen molar-refractivity contribution in [2.75, 3.05) is 6.61 Å². The summed E-state index contributed by atoms with van der Waals surface area (Å²) in [5, 5.41) is 24.4. The molecule has 244 valence electrons. The Morgan fingerprint density at radius 2 is 1.14 bits per heavy atom. The Hall–Kier alpha value is -0.200. The molecule has 5 heteroatoms. The molecule has 4 N–H and O–H groups in total. The summed E-state index contributed by atoms with van der Waals surface area (Å²) >= 11 is 0. The van der Waals surface area contributed by atoms with Gasteiger partial charge in [-0.3, -0.25) is 16.0 Å². The van der Waals surface area contributed by atoms with Gasteiger partial charge in [0.05, 0.1) is 30.7 Å². The van der Waals surface area contributed by atoms with Crippen LogP contribution >= 0.6 is 0 Å². The van der Waals surface area contributed by atoms with Gasteiger partial charge in [0.15, 0.2) is 0 Å². The van der Waals surface area contributed by atoms with Crippen LogP contribution in [0, 0.1) is 53.3 Å². The fraction of sp³-hybridized carbons (Fsp3) is 1.00. The second-order valence-corrected chi connectivity index (χ2v) is 16.2. The van der Waals surface area contributed by atoms with Crippen molar-refractivity contribution in [2.45, 2.75) is 174 Å². The SMILES string of the molecule is CCCCCCCCOC1CC(O)C(C2NC(C3CCC(C)CC3C)NC(C3CCC(C)CC3C)N2)C2CCCCC12. The van der Waals surface area contributed by atoms with E-state index in [2.05, 4.69) is 50.6 Å². The van der Waals surface area contributed by atoms with E-state index in [0.29, 0.717) is 36.0 Å². The highest BCUT2D eigenvalue weighted by atomic mass is 16.5. The highest BCUT2D eigenvalue weighted by Gasteiger charge is 2.51. The van der Waals surface area contributed by atoms with Crippen LogP contribution in [0.5, 0.6) is 0 Å². The Labute approximate surface area is 259 Å². The molecule has 1 heterocycles. The van der Waals surface area contributed by atoms with Gasteiger partial charge in [-0.05, 0) is 92.3 Å². The molecule has 5 fully saturated rings. The predicted molar refractivity (Wildman–Crippen MR) is 175 cm³/mol. The average Bonchev–Trinajstić information content (AvgIpc) is 2.96. The first-order valence-corrected chi connectivity index (χ1v) is 18.9. The van der Waals surface area contributed by atoms with Crippen molar-refractivity contribution < 1.29 is 9.84 Å². The third-order valence-electron chi connectivity index (χ3n) is 12.9. The van der Waals surface area contributed by atoms with Crippen molar-refractivity contribution in [1.29, 1.82) is 0 Å². The van der Waals surface area contributed by atoms with Crippen molar-refractivity contribution in [3.8, 4) is 0 Å². The van der Waals surface area contributed by atoms with E-state index in [-0.39, 0.29) is 24.3 Å². The zero-order valence-corrected chi connectivity index (χ0v) is 28.2. The third kappa shape index (κ3) is 8.14. The van der Waals surface area contributed by atoms with Crippen LogP contribution in [0.15, 0.2) is 0 Å². The second kappa shape index (κ2) is 15.9. The molecule has 1 saturated heterocycles. The molecule has 5 rings (SSSR count). The molecule has 4 saturated carbocycles. The standard InChI is InChI=1S/C37H69N3O2/c1-6-7-8-9-10-13-20-42-33-23-32(41)34(31-15-12-11-14-30(31)33)37-39-35(28-18-16-24(2)21-26(28)4)38-36(40-37)29-19-17-25(3)22-27(29)5/h24-41H,6-23H2,1-5H3. The van der Waals surface area contributed by atoms with Gasteiger partial charge in [0.25, 0.3) is 0 Å². The van der Waals surface area contributed by atoms with E-state index in [4.69, 9.17) is 4.74 Å². The van der Waals surface area contributed by atoms with Crippen LogP contribution in [0.25, 0.3) is 0 Å². The van der Waals surface area contributed by atoms with Gasteiger partial charge in [0, 0.05) is 18.9 Å². The van der Waals surface area contributed by atoms with Gasteiger partial charge < -0.3 is 9.84 Å². The van der Waals surface area contributed by atoms with E-state index in [0.717, 1.165) is 36.7 Å². The first-order chi connectivity index (χ1) is 20.4. The van der Waals surface area contributed by atoms with Crippen LogP contribution in [0.3, 0.4) is 0 Å². The fourth-order valence-electron chi connectivity index (χ4n) is 10.6. The third-order valence-corrected chi connectivity index (χ3v) is 12.9. The van der Waals surface area contributed by atoms with Crippen LogP contribution in [-0.2, 0) is 4.74 Å². The molecule has 13 atom stereocenters. The lowest BCUT2D eigenvalue weighted by Crippen LogP contribution is -2.75. The number of aliphatic hydroxyl groups is 1. The lowest BCUT2D eigenvalue weighted by atomic mass is 9.61. The van der Waals surface area contributed by atoms with E-state index < -0.39 is 0 Å². The smallest absolute Gasteiger partial charge is 0.0652 e. The number of fused-ring (bicyclic) bond motifs is 1. The van der Waals surface area contributed by atoms with Gasteiger partial charge in [-0.2, -0.15) is 0 Å². The summed E-state index contributed by atoms with van der Waals surface area (Å²) < 4.78 is 6.63. The van der Waals surface area contributed by atoms with Crippen molar-refractivity contribution in [3.05, 3.63) is 0 Å². The fourth-order valence-corrected chi connectivity index (χ4v) is 10.6. The maximum atomic E-state index is 11.9. The lowest BCUT2D eigenvalue weighted by Gasteiger charge is -2.55. The molecule has 0 aromatic carbocycles. The maximum absolute atomic E-state index is 11.9. The van der Waals surface area contributed by atoms with Crippen LogP contribution in [0.1, 0.15) is 144 Å². The molecule has 5 nitrogen and oxygen atoms in total. The summed E-state index contributed by atoms with van der Waals surface area (Å²) in [4.78, 5) is 0. The summed E-state index contributed by atoms with van der Waals surface area (Å²) in [6.45, 7) is 13.0. The molecule has 4 aliphatic carbocycles. The van der Waals surface area contributed by atoms with Crippen molar-refractivity contribution >= 4 is 0 Å². The lowest BCUT2D eigenvalue weighted by molar-refractivity contribution is -0.133. The molecule has 13 unspecified atom stereocenters. The van der Waals surface area contributed by atoms with Gasteiger partial charge >= 0.3 is 0 Å². The van der Waals surface area contributed by atoms with Crippen LogP contribution in [-0.4, -0.2) is 42.4 Å². The topological polar surface area (TPSA) is 65.5 Å². The Kier molecular flexibility index (Phi) is 12.5. The minimum absolute atomic E-state index is 0.180. The number of hydrogen-bond acceptors (Lipinski definition) is 5. The molecule has 0 aromatic rings. The van der Waals surface area contributed by atoms with E-state index in [1.54, 1.807) is 0 Å². The molecule has 1 aliphatic heterocycles. The van der Waals surface area contributed by atoms with Crippen LogP contribution < -0.4 is 16.0 Å². The molecule has 0 bridgehead atoms. The first-order valence-electron chi connectivity index (χ1n) is 18.9. The number of ether oxygens (including phenoxy) is 1. The van der Waals surface area contributed by atoms with Gasteiger partial charge in [0.2, 0.25) is 0 Å². The molecular weight excluding hydrogens is 518 g/mol. The second-order valence-electron chi connectivity index (χ2n) is 16.2. The maximum Gasteiger partial charge on any atom is 0.0652 e. The minimum atomic E-state index is -0.295. The van der Waals surface area contributed by atoms with Gasteiger partial charge in [0.1, 0.15) is 0 Å². The number of unbranched alkanes of at least 4 members (excludes halogenated alkanes) is 5. The zero-order chi connectivity index (χ0) is 29.6. The molecule has 0 amide bonds. The van der Waals surface area contributed by atoms with Gasteiger partial charge in [-0.15, -0.1) is 0 Å². The number of nitrogens with one attached hydrogen (secondary N) is 3. The summed E-state index contributed by atoms with van der Waals surface area (Å²) in [6, 6.07) is 0. The Balaban J connectivity index is 1.29. The Morgan fingerprint density at radius 1 is 0.595 bits per heavy atom. The monoisotopic (exact) mass is 588 g/mol. The highest BCUT2D eigenvalue weighted by molar-refractivity contribution is 5.03. The van der Waals surface area contributed by atoms with Gasteiger partial charge in [-0.1, -0.05) is 92.4 Å². The van der Waals surface area contributed by atoms with Crippen LogP contribution in [0.2, 0.25) is 0 Å². The molecule has 0 radical (unpaired) electrons. The van der Waals surface area contributed by atoms with Crippen molar-refractivity contribution in [3.63, 3.8) is 0 Å². The molecule has 5 aliphatic rings. The van der Waals surface area contributed by atoms with E-state index in [1.165, 1.54) is 103 Å². The predicted octanol–water partition coefficient (Wildman–Crippen LogP) is 7.82. The largest absolute Gasteiger partial charge is 0.393 e.